The van der Waals surface area contributed by atoms with E-state index in [-0.39, 0.29) is 27.3 Å². The van der Waals surface area contributed by atoms with E-state index in [0.717, 1.165) is 16.0 Å². The van der Waals surface area contributed by atoms with Gasteiger partial charge in [-0.2, -0.15) is 5.26 Å². The number of ether oxygens (including phenoxy) is 1. The topological polar surface area (TPSA) is 76.1 Å². The van der Waals surface area contributed by atoms with Crippen molar-refractivity contribution in [1.29, 1.82) is 5.26 Å². The maximum atomic E-state index is 14.4. The van der Waals surface area contributed by atoms with Gasteiger partial charge in [-0.15, -0.1) is 0 Å². The fourth-order valence-corrected chi connectivity index (χ4v) is 4.02. The summed E-state index contributed by atoms with van der Waals surface area (Å²) in [5.41, 5.74) is 6.45. The van der Waals surface area contributed by atoms with Crippen molar-refractivity contribution in [2.24, 2.45) is 5.73 Å². The Kier molecular flexibility index (Phi) is 3.52. The number of allylic oxidation sites excluding steroid dienone is 1. The first-order valence-electron chi connectivity index (χ1n) is 7.49. The number of benzene rings is 2. The molecule has 4 rings (SSSR count). The predicted molar refractivity (Wildman–Crippen MR) is 93.8 cm³/mol. The van der Waals surface area contributed by atoms with Crippen LogP contribution in [-0.4, -0.2) is 0 Å². The summed E-state index contributed by atoms with van der Waals surface area (Å²) in [5, 5.41) is 10.2. The van der Waals surface area contributed by atoms with E-state index in [1.807, 2.05) is 30.3 Å². The molecule has 0 bridgehead atoms. The molecule has 3 aromatic rings. The van der Waals surface area contributed by atoms with Crippen molar-refractivity contribution in [3.05, 3.63) is 86.5 Å². The molecule has 0 amide bonds. The Bertz CT molecular complexity index is 1140. The molecule has 0 spiro atoms. The number of fused-ring (bicyclic) bond motifs is 3. The molecule has 1 atom stereocenters. The van der Waals surface area contributed by atoms with Gasteiger partial charge in [0, 0.05) is 15.6 Å². The molecule has 0 fully saturated rings. The maximum absolute atomic E-state index is 14.4. The zero-order valence-corrected chi connectivity index (χ0v) is 13.6. The highest BCUT2D eigenvalue weighted by Crippen LogP contribution is 2.44. The van der Waals surface area contributed by atoms with Gasteiger partial charge in [0.2, 0.25) is 10.6 Å². The second-order valence-electron chi connectivity index (χ2n) is 5.57. The standard InChI is InChI=1S/C19H11FN2O2S/c20-13-7-3-1-5-10(13)15-12(9-21)18(22)24-17-11-6-2-4-8-14(11)25-19(23)16(15)17/h1-8,15H,22H2/t15-/m0/s1. The summed E-state index contributed by atoms with van der Waals surface area (Å²) in [5.74, 6) is -1.20. The Balaban J connectivity index is 2.12. The summed E-state index contributed by atoms with van der Waals surface area (Å²) < 4.78 is 20.5. The van der Waals surface area contributed by atoms with E-state index in [4.69, 9.17) is 10.5 Å². The summed E-state index contributed by atoms with van der Waals surface area (Å²) in [7, 11) is 0. The predicted octanol–water partition coefficient (Wildman–Crippen LogP) is 3.62. The van der Waals surface area contributed by atoms with Crippen molar-refractivity contribution in [1.82, 2.24) is 0 Å². The average molecular weight is 350 g/mol. The van der Waals surface area contributed by atoms with Crippen LogP contribution in [0.4, 0.5) is 4.39 Å². The van der Waals surface area contributed by atoms with E-state index in [0.29, 0.717) is 11.1 Å². The first kappa shape index (κ1) is 15.4. The molecule has 2 heterocycles. The summed E-state index contributed by atoms with van der Waals surface area (Å²) >= 11 is 1.04. The Morgan fingerprint density at radius 1 is 1.16 bits per heavy atom. The van der Waals surface area contributed by atoms with Crippen molar-refractivity contribution < 1.29 is 9.13 Å². The first-order chi connectivity index (χ1) is 12.1. The minimum absolute atomic E-state index is 0.0391. The molecule has 0 saturated heterocycles. The molecule has 6 heteroatoms. The van der Waals surface area contributed by atoms with Crippen LogP contribution in [0.2, 0.25) is 0 Å². The lowest BCUT2D eigenvalue weighted by atomic mass is 9.84. The zero-order valence-electron chi connectivity index (χ0n) is 12.8. The lowest BCUT2D eigenvalue weighted by Gasteiger charge is -2.26. The van der Waals surface area contributed by atoms with Crippen LogP contribution < -0.4 is 15.2 Å². The van der Waals surface area contributed by atoms with Gasteiger partial charge >= 0.3 is 0 Å². The van der Waals surface area contributed by atoms with Crippen LogP contribution in [0, 0.1) is 17.1 Å². The third-order valence-electron chi connectivity index (χ3n) is 4.19. The molecule has 2 N–H and O–H groups in total. The monoisotopic (exact) mass is 350 g/mol. The zero-order chi connectivity index (χ0) is 17.6. The van der Waals surface area contributed by atoms with Crippen LogP contribution in [0.15, 0.2) is 64.8 Å². The second-order valence-corrected chi connectivity index (χ2v) is 6.59. The van der Waals surface area contributed by atoms with Crippen LogP contribution in [0.3, 0.4) is 0 Å². The van der Waals surface area contributed by atoms with E-state index in [9.17, 15) is 14.4 Å². The van der Waals surface area contributed by atoms with Crippen molar-refractivity contribution >= 4 is 21.4 Å². The van der Waals surface area contributed by atoms with Gasteiger partial charge in [0.15, 0.2) is 0 Å². The molecule has 25 heavy (non-hydrogen) atoms. The van der Waals surface area contributed by atoms with Gasteiger partial charge in [-0.1, -0.05) is 41.7 Å². The van der Waals surface area contributed by atoms with Gasteiger partial charge < -0.3 is 10.5 Å². The van der Waals surface area contributed by atoms with E-state index < -0.39 is 11.7 Å². The van der Waals surface area contributed by atoms with E-state index >= 15 is 0 Å². The van der Waals surface area contributed by atoms with E-state index in [1.54, 1.807) is 18.2 Å². The molecule has 122 valence electrons. The minimum atomic E-state index is -0.886. The van der Waals surface area contributed by atoms with Crippen LogP contribution in [-0.2, 0) is 0 Å². The second kappa shape index (κ2) is 5.72. The van der Waals surface area contributed by atoms with Gasteiger partial charge in [-0.05, 0) is 18.2 Å². The largest absolute Gasteiger partial charge is 0.439 e. The van der Waals surface area contributed by atoms with Gasteiger partial charge in [-0.25, -0.2) is 4.39 Å². The molecule has 0 unspecified atom stereocenters. The van der Waals surface area contributed by atoms with Crippen molar-refractivity contribution in [3.63, 3.8) is 0 Å². The van der Waals surface area contributed by atoms with Crippen LogP contribution in [0.5, 0.6) is 5.75 Å². The number of halogens is 1. The van der Waals surface area contributed by atoms with Gasteiger partial charge in [-0.3, -0.25) is 4.79 Å². The average Bonchev–Trinajstić information content (AvgIpc) is 2.61. The Morgan fingerprint density at radius 3 is 2.64 bits per heavy atom. The number of hydrogen-bond acceptors (Lipinski definition) is 5. The van der Waals surface area contributed by atoms with Crippen LogP contribution in [0.25, 0.3) is 10.1 Å². The highest BCUT2D eigenvalue weighted by molar-refractivity contribution is 7.16. The molecule has 1 aliphatic heterocycles. The third-order valence-corrected chi connectivity index (χ3v) is 5.17. The molecular weight excluding hydrogens is 339 g/mol. The normalized spacial score (nSPS) is 16.2. The Labute approximate surface area is 146 Å². The SMILES string of the molecule is N#CC1=C(N)Oc2c(c(=O)sc3ccccc23)[C@H]1c1ccccc1F. The molecule has 0 aliphatic carbocycles. The Morgan fingerprint density at radius 2 is 1.88 bits per heavy atom. The highest BCUT2D eigenvalue weighted by atomic mass is 32.1. The van der Waals surface area contributed by atoms with Gasteiger partial charge in [0.1, 0.15) is 23.2 Å². The highest BCUT2D eigenvalue weighted by Gasteiger charge is 2.35. The molecular formula is C19H11FN2O2S. The van der Waals surface area contributed by atoms with E-state index in [1.165, 1.54) is 6.07 Å². The summed E-state index contributed by atoms with van der Waals surface area (Å²) in [6.45, 7) is 0. The lowest BCUT2D eigenvalue weighted by Crippen LogP contribution is -2.26. The fraction of sp³-hybridized carbons (Fsp3) is 0.0526. The minimum Gasteiger partial charge on any atom is -0.439 e. The quantitative estimate of drug-likeness (QED) is 0.727. The number of rotatable bonds is 1. The first-order valence-corrected chi connectivity index (χ1v) is 8.31. The fourth-order valence-electron chi connectivity index (χ4n) is 3.09. The van der Waals surface area contributed by atoms with E-state index in [2.05, 4.69) is 0 Å². The molecule has 4 nitrogen and oxygen atoms in total. The summed E-state index contributed by atoms with van der Waals surface area (Å²) in [4.78, 5) is 12.8. The molecule has 0 radical (unpaired) electrons. The number of hydrogen-bond donors (Lipinski definition) is 1. The lowest BCUT2D eigenvalue weighted by molar-refractivity contribution is 0.397. The van der Waals surface area contributed by atoms with Crippen molar-refractivity contribution in [2.75, 3.05) is 0 Å². The number of nitriles is 1. The molecule has 2 aromatic carbocycles. The Hall–Kier alpha value is -3.17. The van der Waals surface area contributed by atoms with Gasteiger partial charge in [0.05, 0.1) is 11.5 Å². The van der Waals surface area contributed by atoms with Crippen molar-refractivity contribution in [2.45, 2.75) is 5.92 Å². The number of nitrogens with two attached hydrogens (primary N) is 1. The molecule has 0 saturated carbocycles. The third kappa shape index (κ3) is 2.29. The summed E-state index contributed by atoms with van der Waals surface area (Å²) in [6.07, 6.45) is 0. The molecule has 1 aliphatic rings. The van der Waals surface area contributed by atoms with Gasteiger partial charge in [0.25, 0.3) is 0 Å². The van der Waals surface area contributed by atoms with Crippen molar-refractivity contribution in [3.8, 4) is 11.8 Å². The number of nitrogens with zero attached hydrogens (tertiary/aromatic N) is 1. The summed E-state index contributed by atoms with van der Waals surface area (Å²) in [6, 6.07) is 15.3. The molecule has 1 aromatic heterocycles. The van der Waals surface area contributed by atoms with Crippen LogP contribution >= 0.6 is 11.3 Å². The smallest absolute Gasteiger partial charge is 0.240 e. The van der Waals surface area contributed by atoms with Crippen LogP contribution in [0.1, 0.15) is 17.0 Å². The maximum Gasteiger partial charge on any atom is 0.240 e.